The molecule has 2 aromatic carbocycles. The number of rotatable bonds is 11. The Bertz CT molecular complexity index is 1360. The number of ether oxygens (including phenoxy) is 2. The summed E-state index contributed by atoms with van der Waals surface area (Å²) in [7, 11) is 0. The number of nitrogens with zero attached hydrogens (tertiary/aromatic N) is 2. The normalized spacial score (nSPS) is 16.4. The second-order valence-electron chi connectivity index (χ2n) is 9.92. The Kier molecular flexibility index (Phi) is 9.32. The van der Waals surface area contributed by atoms with Gasteiger partial charge in [0.1, 0.15) is 11.5 Å². The molecule has 1 amide bonds. The second kappa shape index (κ2) is 13.1. The van der Waals surface area contributed by atoms with E-state index in [0.717, 1.165) is 19.3 Å². The van der Waals surface area contributed by atoms with Crippen LogP contribution in [0.3, 0.4) is 0 Å². The SMILES string of the molecule is CCCCCOc1ccc(/C(O)=C2/C(=O)C(=O)N(c3ccc(CC(=O)OC(C)C)cc3)C2c2cccnc2)cc1. The molecule has 208 valence electrons. The lowest BCUT2D eigenvalue weighted by molar-refractivity contribution is -0.146. The van der Waals surface area contributed by atoms with Crippen molar-refractivity contribution in [3.8, 4) is 5.75 Å². The van der Waals surface area contributed by atoms with E-state index in [1.807, 2.05) is 0 Å². The summed E-state index contributed by atoms with van der Waals surface area (Å²) in [5.74, 6) is -1.53. The number of carbonyl (C=O) groups excluding carboxylic acids is 3. The Hall–Kier alpha value is -4.46. The molecule has 1 fully saturated rings. The van der Waals surface area contributed by atoms with Crippen LogP contribution in [-0.4, -0.2) is 40.5 Å². The minimum absolute atomic E-state index is 0.0285. The van der Waals surface area contributed by atoms with E-state index in [0.29, 0.717) is 34.7 Å². The number of pyridine rings is 1. The first-order chi connectivity index (χ1) is 19.3. The van der Waals surface area contributed by atoms with Gasteiger partial charge in [-0.2, -0.15) is 0 Å². The number of esters is 1. The van der Waals surface area contributed by atoms with E-state index in [9.17, 15) is 19.5 Å². The van der Waals surface area contributed by atoms with Crippen LogP contribution in [0.4, 0.5) is 5.69 Å². The fraction of sp³-hybridized carbons (Fsp3) is 0.312. The number of benzene rings is 2. The van der Waals surface area contributed by atoms with Gasteiger partial charge in [0.15, 0.2) is 0 Å². The van der Waals surface area contributed by atoms with Gasteiger partial charge in [-0.1, -0.05) is 38.0 Å². The van der Waals surface area contributed by atoms with Crippen LogP contribution in [0.1, 0.15) is 62.8 Å². The molecule has 0 radical (unpaired) electrons. The van der Waals surface area contributed by atoms with Crippen molar-refractivity contribution >= 4 is 29.1 Å². The predicted octanol–water partition coefficient (Wildman–Crippen LogP) is 5.77. The Morgan fingerprint density at radius 2 is 1.75 bits per heavy atom. The fourth-order valence-electron chi connectivity index (χ4n) is 4.60. The fourth-order valence-corrected chi connectivity index (χ4v) is 4.60. The molecule has 0 aliphatic carbocycles. The Morgan fingerprint density at radius 3 is 2.38 bits per heavy atom. The van der Waals surface area contributed by atoms with Gasteiger partial charge in [0.05, 0.1) is 30.7 Å². The van der Waals surface area contributed by atoms with E-state index in [1.165, 1.54) is 4.90 Å². The van der Waals surface area contributed by atoms with Crippen LogP contribution in [0.25, 0.3) is 5.76 Å². The zero-order valence-electron chi connectivity index (χ0n) is 23.0. The first-order valence-corrected chi connectivity index (χ1v) is 13.5. The van der Waals surface area contributed by atoms with Crippen molar-refractivity contribution < 1.29 is 29.0 Å². The summed E-state index contributed by atoms with van der Waals surface area (Å²) in [5.41, 5.74) is 2.10. The van der Waals surface area contributed by atoms with E-state index in [2.05, 4.69) is 11.9 Å². The number of unbranched alkanes of at least 4 members (excludes halogenated alkanes) is 2. The van der Waals surface area contributed by atoms with E-state index < -0.39 is 17.7 Å². The smallest absolute Gasteiger partial charge is 0.310 e. The zero-order valence-corrected chi connectivity index (χ0v) is 23.0. The maximum absolute atomic E-state index is 13.4. The Labute approximate surface area is 234 Å². The van der Waals surface area contributed by atoms with E-state index in [1.54, 1.807) is 86.9 Å². The average Bonchev–Trinajstić information content (AvgIpc) is 3.21. The van der Waals surface area contributed by atoms with E-state index >= 15 is 0 Å². The standard InChI is InChI=1S/C32H34N2O6/c1-4-5-6-18-39-26-15-11-23(12-16-26)30(36)28-29(24-8-7-17-33-20-24)34(32(38)31(28)37)25-13-9-22(10-14-25)19-27(35)40-21(2)3/h7-17,20-21,29,36H,4-6,18-19H2,1-3H3/b30-28-. The molecule has 0 saturated carbocycles. The van der Waals surface area contributed by atoms with Gasteiger partial charge in [0.25, 0.3) is 11.7 Å². The van der Waals surface area contributed by atoms with Crippen molar-refractivity contribution in [2.24, 2.45) is 0 Å². The van der Waals surface area contributed by atoms with Gasteiger partial charge in [-0.15, -0.1) is 0 Å². The van der Waals surface area contributed by atoms with Crippen molar-refractivity contribution in [2.45, 2.75) is 58.6 Å². The van der Waals surface area contributed by atoms with Gasteiger partial charge >= 0.3 is 5.97 Å². The van der Waals surface area contributed by atoms with Crippen LogP contribution < -0.4 is 9.64 Å². The summed E-state index contributed by atoms with van der Waals surface area (Å²) in [6.45, 7) is 6.30. The maximum Gasteiger partial charge on any atom is 0.310 e. The number of anilines is 1. The number of aliphatic hydroxyl groups excluding tert-OH is 1. The first-order valence-electron chi connectivity index (χ1n) is 13.5. The second-order valence-corrected chi connectivity index (χ2v) is 9.92. The van der Waals surface area contributed by atoms with Gasteiger partial charge in [0.2, 0.25) is 0 Å². The minimum atomic E-state index is -0.893. The lowest BCUT2D eigenvalue weighted by atomic mass is 9.96. The molecule has 8 nitrogen and oxygen atoms in total. The molecule has 1 aliphatic rings. The maximum atomic E-state index is 13.4. The first kappa shape index (κ1) is 28.5. The van der Waals surface area contributed by atoms with Crippen molar-refractivity contribution in [2.75, 3.05) is 11.5 Å². The highest BCUT2D eigenvalue weighted by atomic mass is 16.5. The van der Waals surface area contributed by atoms with Crippen molar-refractivity contribution in [3.05, 3.63) is 95.3 Å². The van der Waals surface area contributed by atoms with Crippen LogP contribution in [0.15, 0.2) is 78.6 Å². The molecule has 8 heteroatoms. The lowest BCUT2D eigenvalue weighted by Crippen LogP contribution is -2.29. The van der Waals surface area contributed by atoms with Crippen LogP contribution in [-0.2, 0) is 25.5 Å². The third-order valence-electron chi connectivity index (χ3n) is 6.52. The van der Waals surface area contributed by atoms with Gasteiger partial charge in [0, 0.05) is 23.6 Å². The van der Waals surface area contributed by atoms with Gasteiger partial charge < -0.3 is 14.6 Å². The minimum Gasteiger partial charge on any atom is -0.507 e. The monoisotopic (exact) mass is 542 g/mol. The van der Waals surface area contributed by atoms with Gasteiger partial charge in [-0.25, -0.2) is 0 Å². The summed E-state index contributed by atoms with van der Waals surface area (Å²) in [6.07, 6.45) is 6.17. The number of aliphatic hydroxyl groups is 1. The van der Waals surface area contributed by atoms with Crippen LogP contribution >= 0.6 is 0 Å². The van der Waals surface area contributed by atoms with E-state index in [-0.39, 0.29) is 29.8 Å². The summed E-state index contributed by atoms with van der Waals surface area (Å²) >= 11 is 0. The topological polar surface area (TPSA) is 106 Å². The van der Waals surface area contributed by atoms with Crippen LogP contribution in [0, 0.1) is 0 Å². The van der Waals surface area contributed by atoms with Crippen molar-refractivity contribution in [1.82, 2.24) is 4.98 Å². The molecule has 2 heterocycles. The molecule has 1 unspecified atom stereocenters. The molecule has 1 aromatic heterocycles. The zero-order chi connectivity index (χ0) is 28.6. The summed E-state index contributed by atoms with van der Waals surface area (Å²) in [6, 6.07) is 16.2. The Balaban J connectivity index is 1.66. The number of hydrogen-bond donors (Lipinski definition) is 1. The number of Topliss-reactive ketones (excluding diaryl/α,β-unsaturated/α-hetero) is 1. The largest absolute Gasteiger partial charge is 0.507 e. The molecular weight excluding hydrogens is 508 g/mol. The number of amides is 1. The Morgan fingerprint density at radius 1 is 1.02 bits per heavy atom. The summed E-state index contributed by atoms with van der Waals surface area (Å²) in [4.78, 5) is 44.3. The lowest BCUT2D eigenvalue weighted by Gasteiger charge is -2.25. The highest BCUT2D eigenvalue weighted by Gasteiger charge is 2.47. The van der Waals surface area contributed by atoms with Crippen molar-refractivity contribution in [3.63, 3.8) is 0 Å². The third-order valence-corrected chi connectivity index (χ3v) is 6.52. The molecule has 1 aliphatic heterocycles. The summed E-state index contributed by atoms with van der Waals surface area (Å²) < 4.78 is 11.0. The number of hydrogen-bond acceptors (Lipinski definition) is 7. The molecule has 40 heavy (non-hydrogen) atoms. The number of carbonyl (C=O) groups is 3. The quantitative estimate of drug-likeness (QED) is 0.108. The molecule has 0 bridgehead atoms. The van der Waals surface area contributed by atoms with Crippen LogP contribution in [0.5, 0.6) is 5.75 Å². The molecule has 1 N–H and O–H groups in total. The molecular formula is C32H34N2O6. The van der Waals surface area contributed by atoms with E-state index in [4.69, 9.17) is 9.47 Å². The number of ketones is 1. The molecule has 1 atom stereocenters. The third kappa shape index (κ3) is 6.57. The highest BCUT2D eigenvalue weighted by Crippen LogP contribution is 2.42. The molecule has 0 spiro atoms. The number of aromatic nitrogens is 1. The molecule has 1 saturated heterocycles. The summed E-state index contributed by atoms with van der Waals surface area (Å²) in [5, 5.41) is 11.3. The van der Waals surface area contributed by atoms with Crippen molar-refractivity contribution in [1.29, 1.82) is 0 Å². The molecule has 3 aromatic rings. The van der Waals surface area contributed by atoms with Gasteiger partial charge in [-0.3, -0.25) is 24.3 Å². The molecule has 4 rings (SSSR count). The van der Waals surface area contributed by atoms with Gasteiger partial charge in [-0.05, 0) is 73.9 Å². The van der Waals surface area contributed by atoms with Crippen LogP contribution in [0.2, 0.25) is 0 Å². The highest BCUT2D eigenvalue weighted by molar-refractivity contribution is 6.51. The average molecular weight is 543 g/mol. The predicted molar refractivity (Wildman–Crippen MR) is 152 cm³/mol.